The zero-order valence-electron chi connectivity index (χ0n) is 9.70. The molecule has 3 unspecified atom stereocenters. The van der Waals surface area contributed by atoms with E-state index in [0.29, 0.717) is 6.54 Å². The highest BCUT2D eigenvalue weighted by atomic mass is 16.6. The normalized spacial score (nSPS) is 30.6. The summed E-state index contributed by atoms with van der Waals surface area (Å²) in [5.74, 6) is 0.0671. The van der Waals surface area contributed by atoms with Gasteiger partial charge in [-0.1, -0.05) is 0 Å². The summed E-state index contributed by atoms with van der Waals surface area (Å²) in [4.78, 5) is 11.3. The van der Waals surface area contributed by atoms with Crippen molar-refractivity contribution in [3.63, 3.8) is 0 Å². The highest BCUT2D eigenvalue weighted by molar-refractivity contribution is 5.67. The van der Waals surface area contributed by atoms with Gasteiger partial charge < -0.3 is 15.2 Å². The maximum Gasteiger partial charge on any atom is 0.407 e. The van der Waals surface area contributed by atoms with Crippen LogP contribution in [0.5, 0.6) is 0 Å². The summed E-state index contributed by atoms with van der Waals surface area (Å²) in [7, 11) is 0. The van der Waals surface area contributed by atoms with Gasteiger partial charge in [0, 0.05) is 18.5 Å². The molecule has 0 aromatic rings. The second-order valence-electron chi connectivity index (χ2n) is 4.95. The zero-order valence-corrected chi connectivity index (χ0v) is 9.70. The average molecular weight is 216 g/mol. The summed E-state index contributed by atoms with van der Waals surface area (Å²) in [5, 5.41) is 14.9. The van der Waals surface area contributed by atoms with E-state index in [-0.39, 0.29) is 12.0 Å². The quantitative estimate of drug-likeness (QED) is 0.626. The summed E-state index contributed by atoms with van der Waals surface area (Å²) >= 11 is 0. The van der Waals surface area contributed by atoms with Crippen LogP contribution >= 0.6 is 0 Å². The van der Waals surface area contributed by atoms with Crippen LogP contribution in [0.3, 0.4) is 0 Å². The summed E-state index contributed by atoms with van der Waals surface area (Å²) in [6.07, 6.45) is -0.955. The SMILES string of the molecule is CC1NC(O)C1CNC(=O)OC(C)(C)C. The molecule has 0 aromatic heterocycles. The fourth-order valence-corrected chi connectivity index (χ4v) is 1.48. The van der Waals surface area contributed by atoms with E-state index in [0.717, 1.165) is 0 Å². The molecule has 1 saturated heterocycles. The van der Waals surface area contributed by atoms with E-state index in [4.69, 9.17) is 4.74 Å². The third kappa shape index (κ3) is 3.68. The number of carbonyl (C=O) groups is 1. The smallest absolute Gasteiger partial charge is 0.407 e. The highest BCUT2D eigenvalue weighted by Crippen LogP contribution is 2.17. The Balaban J connectivity index is 2.23. The van der Waals surface area contributed by atoms with Crippen molar-refractivity contribution in [3.8, 4) is 0 Å². The number of aliphatic hydroxyl groups is 1. The van der Waals surface area contributed by atoms with E-state index in [1.165, 1.54) is 0 Å². The number of hydrogen-bond donors (Lipinski definition) is 3. The number of hydrogen-bond acceptors (Lipinski definition) is 4. The van der Waals surface area contributed by atoms with Crippen LogP contribution in [0, 0.1) is 5.92 Å². The van der Waals surface area contributed by atoms with Gasteiger partial charge in [-0.3, -0.25) is 5.32 Å². The molecule has 0 saturated carbocycles. The van der Waals surface area contributed by atoms with E-state index in [1.54, 1.807) is 0 Å². The van der Waals surface area contributed by atoms with Crippen molar-refractivity contribution in [2.45, 2.75) is 45.6 Å². The predicted molar refractivity (Wildman–Crippen MR) is 56.3 cm³/mol. The molecule has 0 aromatic carbocycles. The van der Waals surface area contributed by atoms with Crippen LogP contribution in [-0.4, -0.2) is 35.6 Å². The second kappa shape index (κ2) is 4.37. The monoisotopic (exact) mass is 216 g/mol. The number of amides is 1. The van der Waals surface area contributed by atoms with Crippen LogP contribution in [-0.2, 0) is 4.74 Å². The van der Waals surface area contributed by atoms with Crippen molar-refractivity contribution in [2.75, 3.05) is 6.54 Å². The molecular formula is C10H20N2O3. The number of nitrogens with one attached hydrogen (secondary N) is 2. The lowest BCUT2D eigenvalue weighted by Crippen LogP contribution is -2.63. The van der Waals surface area contributed by atoms with Crippen LogP contribution in [0.1, 0.15) is 27.7 Å². The minimum atomic E-state index is -0.519. The average Bonchev–Trinajstić information content (AvgIpc) is 2.00. The van der Waals surface area contributed by atoms with Gasteiger partial charge in [0.2, 0.25) is 0 Å². The summed E-state index contributed by atoms with van der Waals surface area (Å²) in [5.41, 5.74) is -0.480. The molecule has 0 bridgehead atoms. The molecule has 3 atom stereocenters. The van der Waals surface area contributed by atoms with Crippen molar-refractivity contribution in [3.05, 3.63) is 0 Å². The fourth-order valence-electron chi connectivity index (χ4n) is 1.48. The maximum atomic E-state index is 11.3. The number of alkyl carbamates (subject to hydrolysis) is 1. The van der Waals surface area contributed by atoms with E-state index in [2.05, 4.69) is 10.6 Å². The molecule has 0 aliphatic carbocycles. The van der Waals surface area contributed by atoms with Crippen LogP contribution in [0.2, 0.25) is 0 Å². The number of ether oxygens (including phenoxy) is 1. The molecule has 0 radical (unpaired) electrons. The first-order chi connectivity index (χ1) is 6.79. The molecule has 1 amide bonds. The Labute approximate surface area is 90.2 Å². The van der Waals surface area contributed by atoms with E-state index < -0.39 is 17.9 Å². The molecular weight excluding hydrogens is 196 g/mol. The lowest BCUT2D eigenvalue weighted by molar-refractivity contribution is -0.0299. The standard InChI is InChI=1S/C10H20N2O3/c1-6-7(8(13)12-6)5-11-9(14)15-10(2,3)4/h6-8,12-13H,5H2,1-4H3,(H,11,14). The molecule has 1 aliphatic rings. The van der Waals surface area contributed by atoms with Gasteiger partial charge in [-0.2, -0.15) is 0 Å². The Hall–Kier alpha value is -0.810. The predicted octanol–water partition coefficient (Wildman–Crippen LogP) is 0.437. The van der Waals surface area contributed by atoms with Crippen LogP contribution < -0.4 is 10.6 Å². The first-order valence-electron chi connectivity index (χ1n) is 5.20. The van der Waals surface area contributed by atoms with E-state index in [9.17, 15) is 9.90 Å². The lowest BCUT2D eigenvalue weighted by Gasteiger charge is -2.41. The fraction of sp³-hybridized carbons (Fsp3) is 0.900. The largest absolute Gasteiger partial charge is 0.444 e. The number of carbonyl (C=O) groups excluding carboxylic acids is 1. The summed E-state index contributed by atoms with van der Waals surface area (Å²) < 4.78 is 5.08. The highest BCUT2D eigenvalue weighted by Gasteiger charge is 2.36. The first kappa shape index (κ1) is 12.3. The topological polar surface area (TPSA) is 70.6 Å². The number of aliphatic hydroxyl groups excluding tert-OH is 1. The minimum absolute atomic E-state index is 0.0671. The van der Waals surface area contributed by atoms with Crippen molar-refractivity contribution in [2.24, 2.45) is 5.92 Å². The Kier molecular flexibility index (Phi) is 3.57. The van der Waals surface area contributed by atoms with E-state index >= 15 is 0 Å². The van der Waals surface area contributed by atoms with Crippen molar-refractivity contribution >= 4 is 6.09 Å². The molecule has 15 heavy (non-hydrogen) atoms. The molecule has 3 N–H and O–H groups in total. The Morgan fingerprint density at radius 3 is 2.53 bits per heavy atom. The molecule has 5 heteroatoms. The Morgan fingerprint density at radius 2 is 2.13 bits per heavy atom. The Bertz CT molecular complexity index is 229. The molecule has 1 aliphatic heterocycles. The van der Waals surface area contributed by atoms with Gasteiger partial charge >= 0.3 is 6.09 Å². The number of rotatable bonds is 2. The molecule has 88 valence electrons. The summed E-state index contributed by atoms with van der Waals surface area (Å²) in [6.45, 7) is 7.84. The van der Waals surface area contributed by atoms with E-state index in [1.807, 2.05) is 27.7 Å². The minimum Gasteiger partial charge on any atom is -0.444 e. The van der Waals surface area contributed by atoms with Gasteiger partial charge in [0.25, 0.3) is 0 Å². The zero-order chi connectivity index (χ0) is 11.6. The van der Waals surface area contributed by atoms with Gasteiger partial charge in [-0.25, -0.2) is 4.79 Å². The molecule has 1 fully saturated rings. The van der Waals surface area contributed by atoms with Crippen LogP contribution in [0.4, 0.5) is 4.79 Å². The third-order valence-electron chi connectivity index (χ3n) is 2.36. The molecule has 0 spiro atoms. The van der Waals surface area contributed by atoms with Crippen molar-refractivity contribution < 1.29 is 14.6 Å². The molecule has 5 nitrogen and oxygen atoms in total. The lowest BCUT2D eigenvalue weighted by atomic mass is 9.91. The van der Waals surface area contributed by atoms with Gasteiger partial charge in [-0.05, 0) is 27.7 Å². The van der Waals surface area contributed by atoms with Crippen LogP contribution in [0.15, 0.2) is 0 Å². The summed E-state index contributed by atoms with van der Waals surface area (Å²) in [6, 6.07) is 0.231. The third-order valence-corrected chi connectivity index (χ3v) is 2.36. The second-order valence-corrected chi connectivity index (χ2v) is 4.95. The van der Waals surface area contributed by atoms with Crippen LogP contribution in [0.25, 0.3) is 0 Å². The first-order valence-corrected chi connectivity index (χ1v) is 5.20. The van der Waals surface area contributed by atoms with Crippen molar-refractivity contribution in [1.29, 1.82) is 0 Å². The van der Waals surface area contributed by atoms with Crippen molar-refractivity contribution in [1.82, 2.24) is 10.6 Å². The maximum absolute atomic E-state index is 11.3. The van der Waals surface area contributed by atoms with Gasteiger partial charge in [0.15, 0.2) is 0 Å². The molecule has 1 rings (SSSR count). The molecule has 1 heterocycles. The van der Waals surface area contributed by atoms with Gasteiger partial charge in [-0.15, -0.1) is 0 Å². The van der Waals surface area contributed by atoms with Gasteiger partial charge in [0.1, 0.15) is 11.8 Å². The van der Waals surface area contributed by atoms with Gasteiger partial charge in [0.05, 0.1) is 0 Å². The Morgan fingerprint density at radius 1 is 1.53 bits per heavy atom.